The highest BCUT2D eigenvalue weighted by Crippen LogP contribution is 2.17. The molecule has 0 aliphatic carbocycles. The average molecular weight is 372 g/mol. The van der Waals surface area contributed by atoms with E-state index in [-0.39, 0.29) is 12.2 Å². The molecule has 0 unspecified atom stereocenters. The van der Waals surface area contributed by atoms with E-state index in [2.05, 4.69) is 6.58 Å². The van der Waals surface area contributed by atoms with Gasteiger partial charge in [0, 0.05) is 12.0 Å². The molecule has 0 aromatic heterocycles. The molecule has 0 saturated carbocycles. The summed E-state index contributed by atoms with van der Waals surface area (Å²) in [7, 11) is 1.58. The molecule has 0 saturated heterocycles. The molecule has 0 N–H and O–H groups in total. The van der Waals surface area contributed by atoms with Gasteiger partial charge in [-0.2, -0.15) is 0 Å². The van der Waals surface area contributed by atoms with E-state index in [1.54, 1.807) is 86.0 Å². The standard InChI is InChI=1S/C24H20O4/c1-3-17-4-8-20(9-5-17)24(26)28-22-12-6-18(7-13-22)16-23(25)19-10-14-21(27-2)15-11-19/h3-15H,1,16H2,2H3. The second-order valence-corrected chi connectivity index (χ2v) is 6.19. The van der Waals surface area contributed by atoms with Crippen LogP contribution in [-0.2, 0) is 6.42 Å². The van der Waals surface area contributed by atoms with Crippen LogP contribution >= 0.6 is 0 Å². The van der Waals surface area contributed by atoms with E-state index in [9.17, 15) is 9.59 Å². The first kappa shape index (κ1) is 19.1. The molecule has 0 fully saturated rings. The molecule has 28 heavy (non-hydrogen) atoms. The Labute approximate surface area is 164 Å². The van der Waals surface area contributed by atoms with Crippen LogP contribution in [0.5, 0.6) is 11.5 Å². The van der Waals surface area contributed by atoms with E-state index >= 15 is 0 Å². The zero-order valence-electron chi connectivity index (χ0n) is 15.6. The van der Waals surface area contributed by atoms with Gasteiger partial charge in [0.25, 0.3) is 0 Å². The number of Topliss-reactive ketones (excluding diaryl/α,β-unsaturated/α-hetero) is 1. The number of esters is 1. The smallest absolute Gasteiger partial charge is 0.343 e. The minimum absolute atomic E-state index is 0.00899. The minimum atomic E-state index is -0.433. The van der Waals surface area contributed by atoms with E-state index < -0.39 is 5.97 Å². The monoisotopic (exact) mass is 372 g/mol. The highest BCUT2D eigenvalue weighted by atomic mass is 16.5. The van der Waals surface area contributed by atoms with E-state index in [4.69, 9.17) is 9.47 Å². The fourth-order valence-electron chi connectivity index (χ4n) is 2.66. The molecule has 0 radical (unpaired) electrons. The van der Waals surface area contributed by atoms with Crippen molar-refractivity contribution in [2.75, 3.05) is 7.11 Å². The first-order chi connectivity index (χ1) is 13.6. The molecule has 4 nitrogen and oxygen atoms in total. The molecule has 0 spiro atoms. The largest absolute Gasteiger partial charge is 0.497 e. The molecule has 0 amide bonds. The third kappa shape index (κ3) is 4.74. The van der Waals surface area contributed by atoms with Crippen LogP contribution in [0.25, 0.3) is 6.08 Å². The van der Waals surface area contributed by atoms with E-state index in [0.29, 0.717) is 22.6 Å². The summed E-state index contributed by atoms with van der Waals surface area (Å²) < 4.78 is 10.5. The second-order valence-electron chi connectivity index (χ2n) is 6.19. The Morgan fingerprint density at radius 1 is 0.821 bits per heavy atom. The molecule has 4 heteroatoms. The van der Waals surface area contributed by atoms with Gasteiger partial charge in [0.15, 0.2) is 5.78 Å². The van der Waals surface area contributed by atoms with Gasteiger partial charge in [0.1, 0.15) is 11.5 Å². The molecular formula is C24H20O4. The normalized spacial score (nSPS) is 10.2. The topological polar surface area (TPSA) is 52.6 Å². The third-order valence-electron chi connectivity index (χ3n) is 4.29. The number of benzene rings is 3. The average Bonchev–Trinajstić information content (AvgIpc) is 2.75. The number of methoxy groups -OCH3 is 1. The lowest BCUT2D eigenvalue weighted by molar-refractivity contribution is 0.0734. The van der Waals surface area contributed by atoms with Crippen LogP contribution < -0.4 is 9.47 Å². The van der Waals surface area contributed by atoms with Crippen LogP contribution in [0.15, 0.2) is 79.4 Å². The molecule has 3 aromatic rings. The molecule has 3 aromatic carbocycles. The van der Waals surface area contributed by atoms with Crippen molar-refractivity contribution in [1.82, 2.24) is 0 Å². The van der Waals surface area contributed by atoms with Gasteiger partial charge in [0.2, 0.25) is 0 Å². The highest BCUT2D eigenvalue weighted by molar-refractivity contribution is 5.97. The number of carbonyl (C=O) groups is 2. The molecule has 0 aliphatic rings. The first-order valence-electron chi connectivity index (χ1n) is 8.80. The van der Waals surface area contributed by atoms with E-state index in [1.165, 1.54) is 0 Å². The van der Waals surface area contributed by atoms with Gasteiger partial charge < -0.3 is 9.47 Å². The van der Waals surface area contributed by atoms with Gasteiger partial charge in [0.05, 0.1) is 12.7 Å². The van der Waals surface area contributed by atoms with Gasteiger partial charge in [-0.15, -0.1) is 0 Å². The summed E-state index contributed by atoms with van der Waals surface area (Å²) in [5.41, 5.74) is 2.86. The zero-order valence-corrected chi connectivity index (χ0v) is 15.6. The number of rotatable bonds is 7. The lowest BCUT2D eigenvalue weighted by Crippen LogP contribution is -2.08. The van der Waals surface area contributed by atoms with Crippen LogP contribution in [0.3, 0.4) is 0 Å². The molecule has 0 atom stereocenters. The lowest BCUT2D eigenvalue weighted by atomic mass is 10.0. The first-order valence-corrected chi connectivity index (χ1v) is 8.80. The van der Waals surface area contributed by atoms with Crippen molar-refractivity contribution in [2.24, 2.45) is 0 Å². The zero-order chi connectivity index (χ0) is 19.9. The Kier molecular flexibility index (Phi) is 6.02. The lowest BCUT2D eigenvalue weighted by Gasteiger charge is -2.07. The van der Waals surface area contributed by atoms with Gasteiger partial charge in [-0.1, -0.05) is 36.9 Å². The van der Waals surface area contributed by atoms with Crippen molar-refractivity contribution < 1.29 is 19.1 Å². The summed E-state index contributed by atoms with van der Waals surface area (Å²) in [6.07, 6.45) is 1.98. The molecular weight excluding hydrogens is 352 g/mol. The van der Waals surface area contributed by atoms with Crippen molar-refractivity contribution in [3.63, 3.8) is 0 Å². The number of hydrogen-bond donors (Lipinski definition) is 0. The van der Waals surface area contributed by atoms with Crippen molar-refractivity contribution >= 4 is 17.8 Å². The predicted molar refractivity (Wildman–Crippen MR) is 109 cm³/mol. The van der Waals surface area contributed by atoms with Gasteiger partial charge in [-0.25, -0.2) is 4.79 Å². The molecule has 140 valence electrons. The van der Waals surface area contributed by atoms with Crippen molar-refractivity contribution in [1.29, 1.82) is 0 Å². The van der Waals surface area contributed by atoms with Crippen LogP contribution in [0.4, 0.5) is 0 Å². The Balaban J connectivity index is 1.61. The van der Waals surface area contributed by atoms with Crippen LogP contribution in [0.1, 0.15) is 31.8 Å². The maximum atomic E-state index is 12.4. The summed E-state index contributed by atoms with van der Waals surface area (Å²) in [5.74, 6) is 0.715. The molecule has 3 rings (SSSR count). The number of carbonyl (C=O) groups excluding carboxylic acids is 2. The maximum Gasteiger partial charge on any atom is 0.343 e. The van der Waals surface area contributed by atoms with Crippen LogP contribution in [0.2, 0.25) is 0 Å². The fourth-order valence-corrected chi connectivity index (χ4v) is 2.66. The molecule has 0 bridgehead atoms. The SMILES string of the molecule is C=Cc1ccc(C(=O)Oc2ccc(CC(=O)c3ccc(OC)cc3)cc2)cc1. The van der Waals surface area contributed by atoms with Crippen molar-refractivity contribution in [3.05, 3.63) is 102 Å². The number of ether oxygens (including phenoxy) is 2. The number of hydrogen-bond acceptors (Lipinski definition) is 4. The van der Waals surface area contributed by atoms with Gasteiger partial charge in [-0.05, 0) is 59.7 Å². The Hall–Kier alpha value is -3.66. The van der Waals surface area contributed by atoms with Crippen molar-refractivity contribution in [3.8, 4) is 11.5 Å². The molecule has 0 aliphatic heterocycles. The third-order valence-corrected chi connectivity index (χ3v) is 4.29. The van der Waals surface area contributed by atoms with E-state index in [0.717, 1.165) is 11.1 Å². The highest BCUT2D eigenvalue weighted by Gasteiger charge is 2.10. The summed E-state index contributed by atoms with van der Waals surface area (Å²) in [5, 5.41) is 0. The molecule has 0 heterocycles. The van der Waals surface area contributed by atoms with Gasteiger partial charge in [-0.3, -0.25) is 4.79 Å². The fraction of sp³-hybridized carbons (Fsp3) is 0.0833. The summed E-state index contributed by atoms with van der Waals surface area (Å²) in [4.78, 5) is 24.6. The van der Waals surface area contributed by atoms with Crippen molar-refractivity contribution in [2.45, 2.75) is 6.42 Å². The van der Waals surface area contributed by atoms with E-state index in [1.807, 2.05) is 0 Å². The van der Waals surface area contributed by atoms with Crippen LogP contribution in [-0.4, -0.2) is 18.9 Å². The maximum absolute atomic E-state index is 12.4. The second kappa shape index (κ2) is 8.82. The summed E-state index contributed by atoms with van der Waals surface area (Å²) in [6, 6.07) is 20.9. The predicted octanol–water partition coefficient (Wildman–Crippen LogP) is 4.98. The number of ketones is 1. The summed E-state index contributed by atoms with van der Waals surface area (Å²) in [6.45, 7) is 3.68. The minimum Gasteiger partial charge on any atom is -0.497 e. The Bertz CT molecular complexity index is 969. The summed E-state index contributed by atoms with van der Waals surface area (Å²) >= 11 is 0. The van der Waals surface area contributed by atoms with Gasteiger partial charge >= 0.3 is 5.97 Å². The van der Waals surface area contributed by atoms with Crippen LogP contribution in [0, 0.1) is 0 Å². The Morgan fingerprint density at radius 2 is 1.39 bits per heavy atom. The Morgan fingerprint density at radius 3 is 1.96 bits per heavy atom. The quantitative estimate of drug-likeness (QED) is 0.333.